The minimum Gasteiger partial charge on any atom is -0.489 e. The molecule has 0 aromatic heterocycles. The molecule has 3 rings (SSSR count). The summed E-state index contributed by atoms with van der Waals surface area (Å²) in [5, 5.41) is 0.792. The van der Waals surface area contributed by atoms with Gasteiger partial charge in [-0.05, 0) is 97.6 Å². The van der Waals surface area contributed by atoms with Crippen LogP contribution in [0.1, 0.15) is 54.9 Å². The van der Waals surface area contributed by atoms with Crippen LogP contribution in [-0.4, -0.2) is 6.61 Å². The van der Waals surface area contributed by atoms with Gasteiger partial charge in [-0.25, -0.2) is 0 Å². The van der Waals surface area contributed by atoms with E-state index in [1.54, 1.807) is 0 Å². The molecule has 0 bridgehead atoms. The average molecular weight is 355 g/mol. The summed E-state index contributed by atoms with van der Waals surface area (Å²) in [6.45, 7) is 7.25. The van der Waals surface area contributed by atoms with Crippen LogP contribution >= 0.6 is 11.6 Å². The summed E-state index contributed by atoms with van der Waals surface area (Å²) in [7, 11) is 0. The molecule has 0 atom stereocenters. The molecule has 0 heterocycles. The van der Waals surface area contributed by atoms with Crippen LogP contribution in [0.15, 0.2) is 42.0 Å². The average Bonchev–Trinajstić information content (AvgIpc) is 2.64. The van der Waals surface area contributed by atoms with Crippen molar-refractivity contribution in [3.8, 4) is 5.75 Å². The number of rotatable bonds is 5. The third kappa shape index (κ3) is 4.10. The lowest BCUT2D eigenvalue weighted by molar-refractivity contribution is 0.342. The Balaban J connectivity index is 1.83. The SMILES string of the molecule is CCc1ccc(OCC2=C(c3ccc(Cl)cc3)CCCC2)c(C)c1C. The lowest BCUT2D eigenvalue weighted by atomic mass is 9.87. The predicted octanol–water partition coefficient (Wildman–Crippen LogP) is 6.93. The largest absolute Gasteiger partial charge is 0.489 e. The Bertz CT molecular complexity index is 771. The molecule has 2 heteroatoms. The number of allylic oxidation sites excluding steroid dienone is 1. The molecule has 2 aromatic carbocycles. The summed E-state index contributed by atoms with van der Waals surface area (Å²) in [6.07, 6.45) is 5.84. The van der Waals surface area contributed by atoms with Gasteiger partial charge in [-0.2, -0.15) is 0 Å². The van der Waals surface area contributed by atoms with E-state index in [4.69, 9.17) is 16.3 Å². The summed E-state index contributed by atoms with van der Waals surface area (Å²) >= 11 is 6.04. The smallest absolute Gasteiger partial charge is 0.122 e. The van der Waals surface area contributed by atoms with E-state index in [-0.39, 0.29) is 0 Å². The zero-order valence-electron chi connectivity index (χ0n) is 15.5. The van der Waals surface area contributed by atoms with Crippen LogP contribution in [0.25, 0.3) is 5.57 Å². The molecule has 0 unspecified atom stereocenters. The third-order valence-electron chi connectivity index (χ3n) is 5.41. The maximum absolute atomic E-state index is 6.25. The predicted molar refractivity (Wildman–Crippen MR) is 108 cm³/mol. The Morgan fingerprint density at radius 2 is 1.64 bits per heavy atom. The maximum Gasteiger partial charge on any atom is 0.122 e. The van der Waals surface area contributed by atoms with Crippen molar-refractivity contribution in [3.05, 3.63) is 69.2 Å². The molecule has 2 aromatic rings. The Kier molecular flexibility index (Phi) is 5.86. The zero-order valence-corrected chi connectivity index (χ0v) is 16.2. The van der Waals surface area contributed by atoms with E-state index in [0.29, 0.717) is 6.61 Å². The molecular weight excluding hydrogens is 328 g/mol. The van der Waals surface area contributed by atoms with E-state index in [9.17, 15) is 0 Å². The summed E-state index contributed by atoms with van der Waals surface area (Å²) in [5.41, 5.74) is 8.20. The quantitative estimate of drug-likeness (QED) is 0.565. The van der Waals surface area contributed by atoms with E-state index in [0.717, 1.165) is 30.0 Å². The molecule has 132 valence electrons. The van der Waals surface area contributed by atoms with Gasteiger partial charge >= 0.3 is 0 Å². The normalized spacial score (nSPS) is 14.7. The van der Waals surface area contributed by atoms with Crippen LogP contribution in [0.5, 0.6) is 5.75 Å². The molecule has 0 saturated heterocycles. The lowest BCUT2D eigenvalue weighted by Gasteiger charge is -2.22. The Hall–Kier alpha value is -1.73. The number of aryl methyl sites for hydroxylation is 1. The summed E-state index contributed by atoms with van der Waals surface area (Å²) in [6, 6.07) is 12.6. The first kappa shape index (κ1) is 18.1. The molecule has 0 spiro atoms. The molecule has 0 saturated carbocycles. The molecule has 0 radical (unpaired) electrons. The van der Waals surface area contributed by atoms with E-state index in [2.05, 4.69) is 45.0 Å². The Morgan fingerprint density at radius 1 is 0.920 bits per heavy atom. The van der Waals surface area contributed by atoms with Gasteiger partial charge in [0.2, 0.25) is 0 Å². The highest BCUT2D eigenvalue weighted by Gasteiger charge is 2.16. The maximum atomic E-state index is 6.25. The van der Waals surface area contributed by atoms with Crippen LogP contribution in [0.2, 0.25) is 5.02 Å². The van der Waals surface area contributed by atoms with Gasteiger partial charge in [0.1, 0.15) is 12.4 Å². The second kappa shape index (κ2) is 8.10. The van der Waals surface area contributed by atoms with Crippen molar-refractivity contribution in [1.29, 1.82) is 0 Å². The van der Waals surface area contributed by atoms with Gasteiger partial charge in [0.05, 0.1) is 0 Å². The highest BCUT2D eigenvalue weighted by Crippen LogP contribution is 2.34. The molecule has 0 fully saturated rings. The molecule has 25 heavy (non-hydrogen) atoms. The van der Waals surface area contributed by atoms with Crippen LogP contribution in [0.3, 0.4) is 0 Å². The number of hydrogen-bond donors (Lipinski definition) is 0. The molecule has 0 aliphatic heterocycles. The topological polar surface area (TPSA) is 9.23 Å². The number of hydrogen-bond acceptors (Lipinski definition) is 1. The van der Waals surface area contributed by atoms with Gasteiger partial charge in [0, 0.05) is 5.02 Å². The molecule has 1 nitrogen and oxygen atoms in total. The van der Waals surface area contributed by atoms with Gasteiger partial charge in [0.15, 0.2) is 0 Å². The van der Waals surface area contributed by atoms with Gasteiger partial charge in [-0.15, -0.1) is 0 Å². The van der Waals surface area contributed by atoms with Crippen LogP contribution in [0, 0.1) is 13.8 Å². The second-order valence-corrected chi connectivity index (χ2v) is 7.35. The summed E-state index contributed by atoms with van der Waals surface area (Å²) in [4.78, 5) is 0. The highest BCUT2D eigenvalue weighted by molar-refractivity contribution is 6.30. The first-order valence-electron chi connectivity index (χ1n) is 9.29. The van der Waals surface area contributed by atoms with Gasteiger partial charge < -0.3 is 4.74 Å². The lowest BCUT2D eigenvalue weighted by Crippen LogP contribution is -2.09. The fourth-order valence-electron chi connectivity index (χ4n) is 3.68. The van der Waals surface area contributed by atoms with Crippen LogP contribution in [-0.2, 0) is 6.42 Å². The van der Waals surface area contributed by atoms with Gasteiger partial charge in [-0.3, -0.25) is 0 Å². The van der Waals surface area contributed by atoms with Crippen molar-refractivity contribution in [2.45, 2.75) is 52.9 Å². The highest BCUT2D eigenvalue weighted by atomic mass is 35.5. The standard InChI is InChI=1S/C23H27ClO/c1-4-18-11-14-23(17(3)16(18)2)25-15-20-7-5-6-8-22(20)19-9-12-21(24)13-10-19/h9-14H,4-8,15H2,1-3H3. The van der Waals surface area contributed by atoms with Crippen molar-refractivity contribution >= 4 is 17.2 Å². The fraction of sp³-hybridized carbons (Fsp3) is 0.391. The second-order valence-electron chi connectivity index (χ2n) is 6.91. The third-order valence-corrected chi connectivity index (χ3v) is 5.66. The summed E-state index contributed by atoms with van der Waals surface area (Å²) < 4.78 is 6.25. The van der Waals surface area contributed by atoms with Crippen molar-refractivity contribution in [3.63, 3.8) is 0 Å². The molecular formula is C23H27ClO. The first-order valence-corrected chi connectivity index (χ1v) is 9.66. The van der Waals surface area contributed by atoms with E-state index in [1.165, 1.54) is 46.2 Å². The fourth-order valence-corrected chi connectivity index (χ4v) is 3.81. The first-order chi connectivity index (χ1) is 12.1. The Morgan fingerprint density at radius 3 is 2.36 bits per heavy atom. The van der Waals surface area contributed by atoms with Gasteiger partial charge in [-0.1, -0.05) is 36.7 Å². The molecule has 1 aliphatic carbocycles. The molecule has 0 amide bonds. The van der Waals surface area contributed by atoms with Gasteiger partial charge in [0.25, 0.3) is 0 Å². The van der Waals surface area contributed by atoms with Crippen molar-refractivity contribution in [2.75, 3.05) is 6.61 Å². The van der Waals surface area contributed by atoms with Crippen molar-refractivity contribution < 1.29 is 4.74 Å². The number of benzene rings is 2. The minimum atomic E-state index is 0.684. The molecule has 0 N–H and O–H groups in total. The van der Waals surface area contributed by atoms with E-state index < -0.39 is 0 Å². The van der Waals surface area contributed by atoms with E-state index in [1.807, 2.05) is 12.1 Å². The van der Waals surface area contributed by atoms with Crippen molar-refractivity contribution in [2.24, 2.45) is 0 Å². The van der Waals surface area contributed by atoms with Crippen molar-refractivity contribution in [1.82, 2.24) is 0 Å². The number of halogens is 1. The van der Waals surface area contributed by atoms with Crippen LogP contribution in [0.4, 0.5) is 0 Å². The zero-order chi connectivity index (χ0) is 17.8. The summed E-state index contributed by atoms with van der Waals surface area (Å²) in [5.74, 6) is 1.02. The Labute approximate surface area is 156 Å². The molecule has 1 aliphatic rings. The number of ether oxygens (including phenoxy) is 1. The minimum absolute atomic E-state index is 0.684. The van der Waals surface area contributed by atoms with E-state index >= 15 is 0 Å². The monoisotopic (exact) mass is 354 g/mol. The van der Waals surface area contributed by atoms with Crippen LogP contribution < -0.4 is 4.74 Å².